The second kappa shape index (κ2) is 8.69. The van der Waals surface area contributed by atoms with Gasteiger partial charge in [-0.15, -0.1) is 0 Å². The number of hydrogen-bond donors (Lipinski definition) is 1. The molecular formula is C23H25N3O6S. The molecule has 174 valence electrons. The summed E-state index contributed by atoms with van der Waals surface area (Å²) in [6.45, 7) is 2.49. The topological polar surface area (TPSA) is 113 Å². The highest BCUT2D eigenvalue weighted by molar-refractivity contribution is 7.89. The fourth-order valence-corrected chi connectivity index (χ4v) is 5.09. The van der Waals surface area contributed by atoms with Gasteiger partial charge in [-0.3, -0.25) is 19.3 Å². The number of nitrogens with zero attached hydrogens (tertiary/aromatic N) is 2. The lowest BCUT2D eigenvalue weighted by Gasteiger charge is -2.17. The SMILES string of the molecule is Cc1ccc(NC(=O)c2ccc3c(c2)C(=O)N(CC2CCCO2)C3=O)cc1S(=O)(=O)N(C)C. The predicted molar refractivity (Wildman–Crippen MR) is 121 cm³/mol. The number of carbonyl (C=O) groups excluding carboxylic acids is 3. The van der Waals surface area contributed by atoms with Gasteiger partial charge < -0.3 is 10.1 Å². The first-order valence-electron chi connectivity index (χ1n) is 10.6. The molecule has 1 unspecified atom stereocenters. The lowest BCUT2D eigenvalue weighted by molar-refractivity contribution is 0.0475. The highest BCUT2D eigenvalue weighted by Gasteiger charge is 2.38. The minimum Gasteiger partial charge on any atom is -0.376 e. The van der Waals surface area contributed by atoms with Gasteiger partial charge in [-0.25, -0.2) is 12.7 Å². The molecule has 1 N–H and O–H groups in total. The summed E-state index contributed by atoms with van der Waals surface area (Å²) in [4.78, 5) is 39.6. The van der Waals surface area contributed by atoms with Gasteiger partial charge in [-0.2, -0.15) is 0 Å². The van der Waals surface area contributed by atoms with E-state index in [0.717, 1.165) is 17.1 Å². The Kier molecular flexibility index (Phi) is 6.08. The van der Waals surface area contributed by atoms with Crippen molar-refractivity contribution in [1.29, 1.82) is 0 Å². The van der Waals surface area contributed by atoms with Crippen LogP contribution in [0.25, 0.3) is 0 Å². The Morgan fingerprint density at radius 2 is 1.85 bits per heavy atom. The van der Waals surface area contributed by atoms with Crippen molar-refractivity contribution in [2.45, 2.75) is 30.8 Å². The smallest absolute Gasteiger partial charge is 0.261 e. The van der Waals surface area contributed by atoms with E-state index in [1.54, 1.807) is 19.1 Å². The Morgan fingerprint density at radius 1 is 1.12 bits per heavy atom. The summed E-state index contributed by atoms with van der Waals surface area (Å²) >= 11 is 0. The predicted octanol–water partition coefficient (Wildman–Crippen LogP) is 2.27. The fourth-order valence-electron chi connectivity index (χ4n) is 3.95. The number of anilines is 1. The zero-order valence-electron chi connectivity index (χ0n) is 18.6. The minimum atomic E-state index is -3.68. The third kappa shape index (κ3) is 4.29. The van der Waals surface area contributed by atoms with Gasteiger partial charge in [-0.1, -0.05) is 6.07 Å². The van der Waals surface area contributed by atoms with Crippen molar-refractivity contribution in [2.24, 2.45) is 0 Å². The first-order valence-corrected chi connectivity index (χ1v) is 12.0. The van der Waals surface area contributed by atoms with Crippen LogP contribution in [0.3, 0.4) is 0 Å². The van der Waals surface area contributed by atoms with Crippen molar-refractivity contribution in [3.63, 3.8) is 0 Å². The Bertz CT molecular complexity index is 1250. The quantitative estimate of drug-likeness (QED) is 0.647. The molecule has 2 aromatic carbocycles. The number of rotatable bonds is 6. The van der Waals surface area contributed by atoms with E-state index in [-0.39, 0.29) is 34.2 Å². The average Bonchev–Trinajstić information content (AvgIpc) is 3.37. The van der Waals surface area contributed by atoms with Crippen LogP contribution in [0.1, 0.15) is 49.5 Å². The van der Waals surface area contributed by atoms with Crippen molar-refractivity contribution in [3.05, 3.63) is 58.7 Å². The molecule has 0 saturated carbocycles. The molecule has 9 nitrogen and oxygen atoms in total. The normalized spacial score (nSPS) is 18.2. The number of hydrogen-bond acceptors (Lipinski definition) is 6. The molecule has 0 aromatic heterocycles. The molecule has 2 aromatic rings. The van der Waals surface area contributed by atoms with Gasteiger partial charge in [0.05, 0.1) is 28.7 Å². The van der Waals surface area contributed by atoms with Crippen LogP contribution in [0.5, 0.6) is 0 Å². The van der Waals surface area contributed by atoms with E-state index in [2.05, 4.69) is 5.32 Å². The Hall–Kier alpha value is -3.08. The van der Waals surface area contributed by atoms with E-state index in [0.29, 0.717) is 17.9 Å². The van der Waals surface area contributed by atoms with E-state index in [1.165, 1.54) is 43.3 Å². The zero-order valence-corrected chi connectivity index (χ0v) is 19.4. The van der Waals surface area contributed by atoms with E-state index in [4.69, 9.17) is 4.74 Å². The monoisotopic (exact) mass is 471 g/mol. The molecule has 10 heteroatoms. The van der Waals surface area contributed by atoms with Crippen LogP contribution < -0.4 is 5.32 Å². The Balaban J connectivity index is 1.55. The largest absolute Gasteiger partial charge is 0.376 e. The van der Waals surface area contributed by atoms with Crippen LogP contribution in [0.4, 0.5) is 5.69 Å². The van der Waals surface area contributed by atoms with Crippen LogP contribution in [0.15, 0.2) is 41.3 Å². The standard InChI is InChI=1S/C23H25N3O6S/c1-14-6-8-16(12-20(14)33(30,31)25(2)3)24-21(27)15-7-9-18-19(11-15)23(29)26(22(18)28)13-17-5-4-10-32-17/h6-9,11-12,17H,4-5,10,13H2,1-3H3,(H,24,27). The van der Waals surface area contributed by atoms with Crippen LogP contribution >= 0.6 is 0 Å². The Labute approximate surface area is 192 Å². The van der Waals surface area contributed by atoms with Gasteiger partial charge in [0.15, 0.2) is 0 Å². The second-order valence-corrected chi connectivity index (χ2v) is 10.5. The maximum absolute atomic E-state index is 12.8. The minimum absolute atomic E-state index is 0.0878. The van der Waals surface area contributed by atoms with E-state index in [9.17, 15) is 22.8 Å². The number of carbonyl (C=O) groups is 3. The van der Waals surface area contributed by atoms with Gasteiger partial charge in [0, 0.05) is 32.0 Å². The lowest BCUT2D eigenvalue weighted by atomic mass is 10.1. The molecule has 4 rings (SSSR count). The van der Waals surface area contributed by atoms with Crippen LogP contribution in [-0.2, 0) is 14.8 Å². The lowest BCUT2D eigenvalue weighted by Crippen LogP contribution is -2.36. The highest BCUT2D eigenvalue weighted by atomic mass is 32.2. The molecule has 0 bridgehead atoms. The van der Waals surface area contributed by atoms with Gasteiger partial charge in [0.1, 0.15) is 0 Å². The highest BCUT2D eigenvalue weighted by Crippen LogP contribution is 2.27. The van der Waals surface area contributed by atoms with E-state index >= 15 is 0 Å². The second-order valence-electron chi connectivity index (χ2n) is 8.34. The molecule has 2 aliphatic rings. The van der Waals surface area contributed by atoms with Crippen LogP contribution in [0, 0.1) is 6.92 Å². The van der Waals surface area contributed by atoms with Crippen molar-refractivity contribution < 1.29 is 27.5 Å². The summed E-state index contributed by atoms with van der Waals surface area (Å²) in [6, 6.07) is 8.95. The number of nitrogens with one attached hydrogen (secondary N) is 1. The third-order valence-corrected chi connectivity index (χ3v) is 7.80. The number of benzene rings is 2. The molecule has 0 aliphatic carbocycles. The first kappa shape index (κ1) is 23.1. The molecule has 1 fully saturated rings. The maximum atomic E-state index is 12.8. The van der Waals surface area contributed by atoms with Crippen LogP contribution in [-0.4, -0.2) is 68.7 Å². The fraction of sp³-hybridized carbons (Fsp3) is 0.348. The van der Waals surface area contributed by atoms with Crippen molar-refractivity contribution in [1.82, 2.24) is 9.21 Å². The zero-order chi connectivity index (χ0) is 23.9. The number of imide groups is 1. The van der Waals surface area contributed by atoms with E-state index in [1.807, 2.05) is 0 Å². The first-order chi connectivity index (χ1) is 15.6. The molecule has 1 saturated heterocycles. The summed E-state index contributed by atoms with van der Waals surface area (Å²) in [7, 11) is -0.813. The van der Waals surface area contributed by atoms with Crippen molar-refractivity contribution in [2.75, 3.05) is 32.6 Å². The number of sulfonamides is 1. The molecule has 0 radical (unpaired) electrons. The molecule has 3 amide bonds. The molecule has 0 spiro atoms. The van der Waals surface area contributed by atoms with Gasteiger partial charge in [0.2, 0.25) is 10.0 Å². The molecule has 33 heavy (non-hydrogen) atoms. The van der Waals surface area contributed by atoms with E-state index < -0.39 is 27.7 Å². The van der Waals surface area contributed by atoms with Gasteiger partial charge in [-0.05, 0) is 55.7 Å². The summed E-state index contributed by atoms with van der Waals surface area (Å²) < 4.78 is 31.7. The third-order valence-electron chi connectivity index (χ3n) is 5.85. The maximum Gasteiger partial charge on any atom is 0.261 e. The molecule has 2 heterocycles. The number of amides is 3. The number of aryl methyl sites for hydroxylation is 1. The summed E-state index contributed by atoms with van der Waals surface area (Å²) in [6.07, 6.45) is 1.53. The summed E-state index contributed by atoms with van der Waals surface area (Å²) in [5, 5.41) is 2.67. The number of fused-ring (bicyclic) bond motifs is 1. The van der Waals surface area contributed by atoms with Crippen molar-refractivity contribution in [3.8, 4) is 0 Å². The molecule has 2 aliphatic heterocycles. The summed E-state index contributed by atoms with van der Waals surface area (Å²) in [5.74, 6) is -1.36. The van der Waals surface area contributed by atoms with Gasteiger partial charge >= 0.3 is 0 Å². The van der Waals surface area contributed by atoms with Gasteiger partial charge in [0.25, 0.3) is 17.7 Å². The summed E-state index contributed by atoms with van der Waals surface area (Å²) in [5.41, 5.74) is 1.46. The average molecular weight is 472 g/mol. The van der Waals surface area contributed by atoms with Crippen molar-refractivity contribution >= 4 is 33.4 Å². The van der Waals surface area contributed by atoms with Crippen LogP contribution in [0.2, 0.25) is 0 Å². The molecule has 1 atom stereocenters. The molecular weight excluding hydrogens is 446 g/mol. The number of ether oxygens (including phenoxy) is 1. The Morgan fingerprint density at radius 3 is 2.52 bits per heavy atom.